The molecule has 0 radical (unpaired) electrons. The zero-order chi connectivity index (χ0) is 20.7. The van der Waals surface area contributed by atoms with Crippen LogP contribution in [0.1, 0.15) is 5.82 Å². The topological polar surface area (TPSA) is 107 Å². The molecule has 1 aromatic carbocycles. The molecule has 0 unspecified atom stereocenters. The van der Waals surface area contributed by atoms with E-state index in [1.54, 1.807) is 0 Å². The summed E-state index contributed by atoms with van der Waals surface area (Å²) in [6.07, 6.45) is -3.88. The van der Waals surface area contributed by atoms with Gasteiger partial charge in [0, 0.05) is 5.56 Å². The first-order valence-corrected chi connectivity index (χ1v) is 9.14. The Bertz CT molecular complexity index is 1130. The number of methoxy groups -OCH3 is 1. The molecule has 2 heterocycles. The second-order valence-corrected chi connectivity index (χ2v) is 7.12. The van der Waals surface area contributed by atoms with Crippen molar-refractivity contribution in [2.45, 2.75) is 11.2 Å². The predicted molar refractivity (Wildman–Crippen MR) is 91.0 cm³/mol. The minimum absolute atomic E-state index is 0.0145. The molecule has 2 aromatic heterocycles. The maximum Gasteiger partial charge on any atom is 0.453 e. The summed E-state index contributed by atoms with van der Waals surface area (Å²) >= 11 is 5.94. The molecule has 0 spiro atoms. The molecule has 0 saturated carbocycles. The number of aromatic nitrogens is 4. The largest absolute Gasteiger partial charge is 0.495 e. The molecule has 0 atom stereocenters. The average molecular weight is 435 g/mol. The minimum atomic E-state index is -4.82. The molecule has 0 fully saturated rings. The van der Waals surface area contributed by atoms with Crippen LogP contribution in [0.5, 0.6) is 5.75 Å². The van der Waals surface area contributed by atoms with Gasteiger partial charge >= 0.3 is 16.3 Å². The smallest absolute Gasteiger partial charge is 0.453 e. The number of rotatable bonds is 4. The SMILES string of the molecule is COc1cc(-c2nc(C(F)(F)F)nn2-c2ccc(S(=O)(=O)O)nc2)ccc1Cl. The van der Waals surface area contributed by atoms with Crippen molar-refractivity contribution in [3.05, 3.63) is 47.4 Å². The second-order valence-electron chi connectivity index (χ2n) is 5.35. The summed E-state index contributed by atoms with van der Waals surface area (Å²) in [5, 5.41) is 3.03. The molecule has 0 aliphatic carbocycles. The van der Waals surface area contributed by atoms with Crippen molar-refractivity contribution in [1.82, 2.24) is 19.7 Å². The van der Waals surface area contributed by atoms with Gasteiger partial charge in [0.25, 0.3) is 5.82 Å². The summed E-state index contributed by atoms with van der Waals surface area (Å²) < 4.78 is 76.5. The Kier molecular flexibility index (Phi) is 5.04. The fraction of sp³-hybridized carbons (Fsp3) is 0.133. The van der Waals surface area contributed by atoms with Crippen molar-refractivity contribution in [1.29, 1.82) is 0 Å². The van der Waals surface area contributed by atoms with Crippen LogP contribution < -0.4 is 4.74 Å². The van der Waals surface area contributed by atoms with E-state index in [4.69, 9.17) is 20.9 Å². The van der Waals surface area contributed by atoms with Gasteiger partial charge in [-0.25, -0.2) is 14.6 Å². The molecular weight excluding hydrogens is 425 g/mol. The van der Waals surface area contributed by atoms with Crippen molar-refractivity contribution in [3.63, 3.8) is 0 Å². The van der Waals surface area contributed by atoms with Crippen LogP contribution in [0.25, 0.3) is 17.1 Å². The van der Waals surface area contributed by atoms with Crippen molar-refractivity contribution >= 4 is 21.7 Å². The van der Waals surface area contributed by atoms with Crippen molar-refractivity contribution in [3.8, 4) is 22.8 Å². The Balaban J connectivity index is 2.19. The number of pyridine rings is 1. The highest BCUT2D eigenvalue weighted by Gasteiger charge is 2.37. The average Bonchev–Trinajstić information content (AvgIpc) is 3.07. The Morgan fingerprint density at radius 1 is 1.21 bits per heavy atom. The van der Waals surface area contributed by atoms with E-state index in [0.29, 0.717) is 0 Å². The highest BCUT2D eigenvalue weighted by atomic mass is 35.5. The number of nitrogens with zero attached hydrogens (tertiary/aromatic N) is 4. The molecular formula is C15H10ClF3N4O4S. The van der Waals surface area contributed by atoms with E-state index in [2.05, 4.69) is 15.1 Å². The van der Waals surface area contributed by atoms with E-state index in [1.807, 2.05) is 0 Å². The highest BCUT2D eigenvalue weighted by Crippen LogP contribution is 2.33. The van der Waals surface area contributed by atoms with Crippen LogP contribution >= 0.6 is 11.6 Å². The van der Waals surface area contributed by atoms with Gasteiger partial charge in [0.1, 0.15) is 5.75 Å². The molecule has 0 saturated heterocycles. The van der Waals surface area contributed by atoms with E-state index in [-0.39, 0.29) is 27.8 Å². The van der Waals surface area contributed by atoms with E-state index in [1.165, 1.54) is 25.3 Å². The summed E-state index contributed by atoms with van der Waals surface area (Å²) in [7, 11) is -3.22. The van der Waals surface area contributed by atoms with Crippen LogP contribution in [0.4, 0.5) is 13.2 Å². The predicted octanol–water partition coefficient (Wildman–Crippen LogP) is 3.26. The standard InChI is InChI=1S/C15H10ClF3N4O4S/c1-27-11-6-8(2-4-10(11)16)13-21-14(15(17,18)19)22-23(13)9-3-5-12(20-7-9)28(24,25)26/h2-7H,1H3,(H,24,25,26). The lowest BCUT2D eigenvalue weighted by Crippen LogP contribution is -2.09. The third-order valence-electron chi connectivity index (χ3n) is 3.50. The minimum Gasteiger partial charge on any atom is -0.495 e. The fourth-order valence-electron chi connectivity index (χ4n) is 2.25. The number of halogens is 4. The zero-order valence-electron chi connectivity index (χ0n) is 13.8. The van der Waals surface area contributed by atoms with E-state index < -0.39 is 27.1 Å². The lowest BCUT2D eigenvalue weighted by atomic mass is 10.2. The van der Waals surface area contributed by atoms with Gasteiger partial charge in [-0.15, -0.1) is 5.10 Å². The molecule has 28 heavy (non-hydrogen) atoms. The molecule has 3 aromatic rings. The van der Waals surface area contributed by atoms with Gasteiger partial charge in [0.05, 0.1) is 24.0 Å². The number of alkyl halides is 3. The third-order valence-corrected chi connectivity index (χ3v) is 4.58. The number of benzene rings is 1. The molecule has 0 bridgehead atoms. The maximum atomic E-state index is 13.1. The summed E-state index contributed by atoms with van der Waals surface area (Å²) in [5.74, 6) is -1.40. The van der Waals surface area contributed by atoms with E-state index in [0.717, 1.165) is 23.0 Å². The van der Waals surface area contributed by atoms with Crippen molar-refractivity contribution in [2.24, 2.45) is 0 Å². The van der Waals surface area contributed by atoms with Crippen LogP contribution in [-0.4, -0.2) is 39.8 Å². The number of hydrogen-bond acceptors (Lipinski definition) is 6. The first-order valence-electron chi connectivity index (χ1n) is 7.33. The highest BCUT2D eigenvalue weighted by molar-refractivity contribution is 7.85. The quantitative estimate of drug-likeness (QED) is 0.628. The van der Waals surface area contributed by atoms with Gasteiger partial charge in [-0.2, -0.15) is 21.6 Å². The molecule has 0 aliphatic heterocycles. The van der Waals surface area contributed by atoms with Gasteiger partial charge in [-0.1, -0.05) is 11.6 Å². The Morgan fingerprint density at radius 3 is 2.46 bits per heavy atom. The molecule has 1 N–H and O–H groups in total. The van der Waals surface area contributed by atoms with Gasteiger partial charge in [0.15, 0.2) is 10.9 Å². The first-order chi connectivity index (χ1) is 13.0. The number of ether oxygens (including phenoxy) is 1. The molecule has 0 amide bonds. The van der Waals surface area contributed by atoms with Crippen LogP contribution in [0.15, 0.2) is 41.6 Å². The normalized spacial score (nSPS) is 12.2. The zero-order valence-corrected chi connectivity index (χ0v) is 15.4. The Morgan fingerprint density at radius 2 is 1.93 bits per heavy atom. The Labute approximate surface area is 161 Å². The maximum absolute atomic E-state index is 13.1. The van der Waals surface area contributed by atoms with Gasteiger partial charge in [0.2, 0.25) is 0 Å². The first kappa shape index (κ1) is 20.0. The summed E-state index contributed by atoms with van der Waals surface area (Å²) in [4.78, 5) is 7.06. The van der Waals surface area contributed by atoms with Crippen molar-refractivity contribution in [2.75, 3.05) is 7.11 Å². The monoisotopic (exact) mass is 434 g/mol. The summed E-state index contributed by atoms with van der Waals surface area (Å²) in [5.41, 5.74) is 0.197. The summed E-state index contributed by atoms with van der Waals surface area (Å²) in [6.45, 7) is 0. The molecule has 13 heteroatoms. The number of hydrogen-bond donors (Lipinski definition) is 1. The van der Waals surface area contributed by atoms with E-state index >= 15 is 0 Å². The van der Waals surface area contributed by atoms with Crippen LogP contribution in [0, 0.1) is 0 Å². The molecule has 0 aliphatic rings. The lowest BCUT2D eigenvalue weighted by Gasteiger charge is -2.08. The van der Waals surface area contributed by atoms with E-state index in [9.17, 15) is 21.6 Å². The third kappa shape index (κ3) is 3.93. The fourth-order valence-corrected chi connectivity index (χ4v) is 2.87. The van der Waals surface area contributed by atoms with Crippen LogP contribution in [-0.2, 0) is 16.3 Å². The lowest BCUT2D eigenvalue weighted by molar-refractivity contribution is -0.144. The summed E-state index contributed by atoms with van der Waals surface area (Å²) in [6, 6.07) is 6.27. The second kappa shape index (κ2) is 7.04. The van der Waals surface area contributed by atoms with Crippen LogP contribution in [0.3, 0.4) is 0 Å². The van der Waals surface area contributed by atoms with Gasteiger partial charge < -0.3 is 4.74 Å². The van der Waals surface area contributed by atoms with Gasteiger partial charge in [-0.05, 0) is 30.3 Å². The van der Waals surface area contributed by atoms with Gasteiger partial charge in [-0.3, -0.25) is 4.55 Å². The van der Waals surface area contributed by atoms with Crippen molar-refractivity contribution < 1.29 is 30.9 Å². The molecule has 8 nitrogen and oxygen atoms in total. The Hall–Kier alpha value is -2.70. The molecule has 3 rings (SSSR count). The van der Waals surface area contributed by atoms with Crippen LogP contribution in [0.2, 0.25) is 5.02 Å². The molecule has 148 valence electrons.